The van der Waals surface area contributed by atoms with Crippen molar-refractivity contribution in [3.8, 4) is 0 Å². The van der Waals surface area contributed by atoms with Crippen LogP contribution in [0.15, 0.2) is 49.6 Å². The molecule has 4 heterocycles. The highest BCUT2D eigenvalue weighted by Crippen LogP contribution is 2.60. The number of ether oxygens (including phenoxy) is 2. The third-order valence-electron chi connectivity index (χ3n) is 7.80. The predicted octanol–water partition coefficient (Wildman–Crippen LogP) is 1.65. The van der Waals surface area contributed by atoms with Crippen LogP contribution >= 0.6 is 15.9 Å². The van der Waals surface area contributed by atoms with Crippen LogP contribution in [0.4, 0.5) is 0 Å². The van der Waals surface area contributed by atoms with E-state index in [1.54, 1.807) is 21.7 Å². The zero-order valence-electron chi connectivity index (χ0n) is 21.5. The van der Waals surface area contributed by atoms with Crippen LogP contribution in [0.5, 0.6) is 0 Å². The molecule has 5 rings (SSSR count). The molecular weight excluding hydrogens is 570 g/mol. The Labute approximate surface area is 234 Å². The number of hydrogen-bond donors (Lipinski definition) is 1. The van der Waals surface area contributed by atoms with Crippen molar-refractivity contribution < 1.29 is 29.0 Å². The number of rotatable bonds is 12. The number of fused-ring (bicyclic) bond motifs is 2. The average molecular weight is 602 g/mol. The second kappa shape index (κ2) is 11.2. The maximum atomic E-state index is 14.4. The summed E-state index contributed by atoms with van der Waals surface area (Å²) in [6.45, 7) is 7.90. The molecule has 2 bridgehead atoms. The van der Waals surface area contributed by atoms with Crippen LogP contribution in [0.2, 0.25) is 0 Å². The number of alkyl halides is 1. The molecule has 3 fully saturated rings. The summed E-state index contributed by atoms with van der Waals surface area (Å²) in [4.78, 5) is 44.3. The molecule has 1 aromatic heterocycles. The molecule has 12 heteroatoms. The highest BCUT2D eigenvalue weighted by Gasteiger charge is 2.77. The van der Waals surface area contributed by atoms with E-state index in [4.69, 9.17) is 9.47 Å². The second-order valence-electron chi connectivity index (χ2n) is 10.1. The van der Waals surface area contributed by atoms with E-state index in [0.29, 0.717) is 18.4 Å². The van der Waals surface area contributed by atoms with Gasteiger partial charge in [0, 0.05) is 24.5 Å². The van der Waals surface area contributed by atoms with E-state index in [2.05, 4.69) is 39.4 Å². The minimum absolute atomic E-state index is 0.0822. The van der Waals surface area contributed by atoms with E-state index >= 15 is 0 Å². The number of para-hydroxylation sites is 1. The van der Waals surface area contributed by atoms with Crippen molar-refractivity contribution in [1.82, 2.24) is 24.8 Å². The molecule has 0 aliphatic carbocycles. The van der Waals surface area contributed by atoms with E-state index in [0.717, 1.165) is 5.52 Å². The van der Waals surface area contributed by atoms with Gasteiger partial charge in [-0.05, 0) is 31.4 Å². The van der Waals surface area contributed by atoms with Crippen molar-refractivity contribution in [1.29, 1.82) is 0 Å². The van der Waals surface area contributed by atoms with Gasteiger partial charge in [-0.1, -0.05) is 45.4 Å². The van der Waals surface area contributed by atoms with Gasteiger partial charge in [0.15, 0.2) is 0 Å². The molecule has 2 aromatic rings. The predicted molar refractivity (Wildman–Crippen MR) is 144 cm³/mol. The van der Waals surface area contributed by atoms with Crippen molar-refractivity contribution in [3.05, 3.63) is 49.6 Å². The minimum atomic E-state index is -1.21. The van der Waals surface area contributed by atoms with Crippen molar-refractivity contribution in [2.75, 3.05) is 26.3 Å². The Bertz CT molecular complexity index is 1280. The maximum absolute atomic E-state index is 14.4. The van der Waals surface area contributed by atoms with E-state index in [9.17, 15) is 19.5 Å². The lowest BCUT2D eigenvalue weighted by molar-refractivity contribution is -0.155. The smallest absolute Gasteiger partial charge is 0.312 e. The summed E-state index contributed by atoms with van der Waals surface area (Å²) in [6, 6.07) is 6.44. The molecule has 1 N–H and O–H groups in total. The SMILES string of the molecule is C=CCCOC(=O)[C@H]1[C@@H]2OC3(CC2Br)C(C(=O)N(CC=C)Cn2nnc4ccccc42)N(CCCO)C(=O)[C@H]13. The number of hydrogen-bond acceptors (Lipinski definition) is 8. The number of aliphatic hydroxyl groups is 1. The molecule has 208 valence electrons. The van der Waals surface area contributed by atoms with Gasteiger partial charge >= 0.3 is 5.97 Å². The topological polar surface area (TPSA) is 127 Å². The lowest BCUT2D eigenvalue weighted by Crippen LogP contribution is -2.57. The Hall–Kier alpha value is -3.09. The fourth-order valence-electron chi connectivity index (χ4n) is 6.23. The zero-order valence-corrected chi connectivity index (χ0v) is 23.1. The molecule has 3 aliphatic rings. The molecule has 1 aromatic carbocycles. The Kier molecular flexibility index (Phi) is 7.88. The van der Waals surface area contributed by atoms with Gasteiger partial charge in [-0.3, -0.25) is 14.4 Å². The molecule has 1 spiro atoms. The second-order valence-corrected chi connectivity index (χ2v) is 11.3. The van der Waals surface area contributed by atoms with Crippen molar-refractivity contribution >= 4 is 44.7 Å². The fourth-order valence-corrected chi connectivity index (χ4v) is 7.17. The number of esters is 1. The summed E-state index contributed by atoms with van der Waals surface area (Å²) in [5, 5.41) is 18.0. The highest BCUT2D eigenvalue weighted by molar-refractivity contribution is 9.09. The molecule has 6 atom stereocenters. The molecule has 3 saturated heterocycles. The number of nitrogens with zero attached hydrogens (tertiary/aromatic N) is 5. The first-order valence-corrected chi connectivity index (χ1v) is 14.0. The van der Waals surface area contributed by atoms with Crippen LogP contribution in [-0.2, 0) is 30.5 Å². The lowest BCUT2D eigenvalue weighted by Gasteiger charge is -2.37. The van der Waals surface area contributed by atoms with E-state index in [1.807, 2.05) is 24.3 Å². The third-order valence-corrected chi connectivity index (χ3v) is 8.65. The number of aliphatic hydroxyl groups excluding tert-OH is 1. The summed E-state index contributed by atoms with van der Waals surface area (Å²) in [5.41, 5.74) is 0.241. The largest absolute Gasteiger partial charge is 0.465 e. The van der Waals surface area contributed by atoms with Crippen molar-refractivity contribution in [2.24, 2.45) is 11.8 Å². The van der Waals surface area contributed by atoms with Crippen molar-refractivity contribution in [2.45, 2.75) is 48.5 Å². The minimum Gasteiger partial charge on any atom is -0.465 e. The summed E-state index contributed by atoms with van der Waals surface area (Å²) in [6.07, 6.45) is 3.81. The number of carbonyl (C=O) groups excluding carboxylic acids is 3. The van der Waals surface area contributed by atoms with E-state index < -0.39 is 35.6 Å². The Morgan fingerprint density at radius 3 is 2.85 bits per heavy atom. The molecule has 0 saturated carbocycles. The molecular formula is C27H32BrN5O6. The van der Waals surface area contributed by atoms with E-state index in [-0.39, 0.29) is 56.0 Å². The van der Waals surface area contributed by atoms with Crippen LogP contribution in [0.1, 0.15) is 19.3 Å². The van der Waals surface area contributed by atoms with Gasteiger partial charge in [0.2, 0.25) is 11.8 Å². The van der Waals surface area contributed by atoms with E-state index in [1.165, 1.54) is 4.90 Å². The van der Waals surface area contributed by atoms with Crippen LogP contribution in [0, 0.1) is 11.8 Å². The number of halogens is 1. The summed E-state index contributed by atoms with van der Waals surface area (Å²) >= 11 is 3.65. The van der Waals surface area contributed by atoms with Crippen LogP contribution in [0.25, 0.3) is 11.0 Å². The van der Waals surface area contributed by atoms with Gasteiger partial charge in [0.05, 0.1) is 30.1 Å². The van der Waals surface area contributed by atoms with Gasteiger partial charge in [0.1, 0.15) is 23.8 Å². The molecule has 3 unspecified atom stereocenters. The van der Waals surface area contributed by atoms with Crippen LogP contribution < -0.4 is 0 Å². The first kappa shape index (κ1) is 27.5. The monoisotopic (exact) mass is 601 g/mol. The van der Waals surface area contributed by atoms with Gasteiger partial charge in [-0.2, -0.15) is 0 Å². The normalized spacial score (nSPS) is 29.0. The molecule has 3 aliphatic heterocycles. The van der Waals surface area contributed by atoms with Gasteiger partial charge in [0.25, 0.3) is 0 Å². The lowest BCUT2D eigenvalue weighted by atomic mass is 9.70. The molecule has 39 heavy (non-hydrogen) atoms. The third kappa shape index (κ3) is 4.57. The molecule has 0 radical (unpaired) electrons. The Morgan fingerprint density at radius 1 is 1.31 bits per heavy atom. The maximum Gasteiger partial charge on any atom is 0.312 e. The standard InChI is InChI=1S/C27H32BrN5O6/c1-3-5-14-38-26(37)20-21-24(35)32(12-8-13-34)23(27(21)15-17(28)22(20)39-27)25(36)31(11-4-2)16-33-19-10-7-6-9-18(19)29-30-33/h3-4,6-7,9-10,17,20-23,34H,1-2,5,8,11-16H2/t17?,20-,21+,22-,23?,27?/m1/s1. The van der Waals surface area contributed by atoms with Gasteiger partial charge in [-0.25, -0.2) is 4.68 Å². The number of amides is 2. The Balaban J connectivity index is 1.50. The first-order chi connectivity index (χ1) is 18.9. The quantitative estimate of drug-likeness (QED) is 0.168. The molecule has 2 amide bonds. The highest BCUT2D eigenvalue weighted by atomic mass is 79.9. The summed E-state index contributed by atoms with van der Waals surface area (Å²) in [5.74, 6) is -2.90. The average Bonchev–Trinajstić information content (AvgIpc) is 3.64. The fraction of sp³-hybridized carbons (Fsp3) is 0.519. The number of likely N-dealkylation sites (tertiary alicyclic amines) is 1. The Morgan fingerprint density at radius 2 is 2.10 bits per heavy atom. The summed E-state index contributed by atoms with van der Waals surface area (Å²) in [7, 11) is 0. The van der Waals surface area contributed by atoms with Crippen LogP contribution in [0.3, 0.4) is 0 Å². The van der Waals surface area contributed by atoms with Crippen molar-refractivity contribution in [3.63, 3.8) is 0 Å². The zero-order chi connectivity index (χ0) is 27.7. The number of benzene rings is 1. The van der Waals surface area contributed by atoms with Crippen LogP contribution in [-0.4, -0.2) is 96.6 Å². The van der Waals surface area contributed by atoms with Gasteiger partial charge in [-0.15, -0.1) is 18.3 Å². The number of aromatic nitrogens is 3. The molecule has 11 nitrogen and oxygen atoms in total. The number of carbonyl (C=O) groups is 3. The van der Waals surface area contributed by atoms with Gasteiger partial charge < -0.3 is 24.4 Å². The summed E-state index contributed by atoms with van der Waals surface area (Å²) < 4.78 is 13.6. The first-order valence-electron chi connectivity index (χ1n) is 13.1.